The van der Waals surface area contributed by atoms with Crippen molar-refractivity contribution in [3.8, 4) is 22.8 Å². The lowest BCUT2D eigenvalue weighted by Crippen LogP contribution is -2.12. The molecule has 0 fully saturated rings. The minimum Gasteiger partial charge on any atom is -0.461 e. The lowest BCUT2D eigenvalue weighted by atomic mass is 9.93. The van der Waals surface area contributed by atoms with Crippen LogP contribution in [0.4, 0.5) is 5.69 Å². The van der Waals surface area contributed by atoms with Gasteiger partial charge in [-0.1, -0.05) is 17.3 Å². The van der Waals surface area contributed by atoms with Crippen LogP contribution in [0.1, 0.15) is 34.6 Å². The summed E-state index contributed by atoms with van der Waals surface area (Å²) in [4.78, 5) is 12.5. The van der Waals surface area contributed by atoms with Crippen LogP contribution in [0.2, 0.25) is 0 Å². The number of hydrogen-bond donors (Lipinski definition) is 2. The molecule has 0 aliphatic heterocycles. The molecule has 3 heterocycles. The molecular weight excluding hydrogens is 356 g/mol. The zero-order valence-electron chi connectivity index (χ0n) is 15.1. The van der Waals surface area contributed by atoms with Crippen molar-refractivity contribution in [1.29, 1.82) is 0 Å². The highest BCUT2D eigenvalue weighted by atomic mass is 16.5. The summed E-state index contributed by atoms with van der Waals surface area (Å²) < 4.78 is 10.5. The molecule has 140 valence electrons. The minimum absolute atomic E-state index is 0.189. The Morgan fingerprint density at radius 3 is 2.89 bits per heavy atom. The summed E-state index contributed by atoms with van der Waals surface area (Å²) in [5, 5.41) is 14.4. The molecule has 5 rings (SSSR count). The second-order valence-electron chi connectivity index (χ2n) is 6.83. The predicted molar refractivity (Wildman–Crippen MR) is 103 cm³/mol. The zero-order valence-corrected chi connectivity index (χ0v) is 15.1. The van der Waals surface area contributed by atoms with Gasteiger partial charge in [0.05, 0.1) is 12.0 Å². The lowest BCUT2D eigenvalue weighted by molar-refractivity contribution is 0.101. The highest BCUT2D eigenvalue weighted by Gasteiger charge is 2.19. The fourth-order valence-electron chi connectivity index (χ4n) is 3.58. The third-order valence-corrected chi connectivity index (χ3v) is 4.96. The summed E-state index contributed by atoms with van der Waals surface area (Å²) in [6, 6.07) is 12.7. The number of aryl methyl sites for hydroxylation is 1. The number of nitrogens with one attached hydrogen (secondary N) is 2. The number of carbonyl (C=O) groups is 1. The normalized spacial score (nSPS) is 13.3. The van der Waals surface area contributed by atoms with Crippen LogP contribution in [-0.4, -0.2) is 21.3 Å². The van der Waals surface area contributed by atoms with E-state index in [9.17, 15) is 4.79 Å². The summed E-state index contributed by atoms with van der Waals surface area (Å²) in [5.41, 5.74) is 5.32. The van der Waals surface area contributed by atoms with E-state index in [-0.39, 0.29) is 11.6 Å². The minimum atomic E-state index is -0.345. The largest absolute Gasteiger partial charge is 0.461 e. The molecule has 0 bridgehead atoms. The number of rotatable bonds is 4. The Morgan fingerprint density at radius 2 is 2.00 bits per heavy atom. The van der Waals surface area contributed by atoms with E-state index in [0.717, 1.165) is 24.1 Å². The molecule has 0 unspecified atom stereocenters. The molecule has 7 heteroatoms. The number of anilines is 1. The van der Waals surface area contributed by atoms with Crippen LogP contribution >= 0.6 is 0 Å². The van der Waals surface area contributed by atoms with E-state index in [1.54, 1.807) is 18.2 Å². The molecule has 0 radical (unpaired) electrons. The van der Waals surface area contributed by atoms with E-state index < -0.39 is 0 Å². The van der Waals surface area contributed by atoms with Crippen molar-refractivity contribution < 1.29 is 13.7 Å². The maximum absolute atomic E-state index is 12.5. The van der Waals surface area contributed by atoms with Crippen LogP contribution in [0.15, 0.2) is 57.7 Å². The van der Waals surface area contributed by atoms with Gasteiger partial charge in [-0.05, 0) is 49.9 Å². The molecule has 7 nitrogen and oxygen atoms in total. The molecule has 1 amide bonds. The van der Waals surface area contributed by atoms with Gasteiger partial charge >= 0.3 is 0 Å². The number of carbonyl (C=O) groups excluding carboxylic acids is 1. The van der Waals surface area contributed by atoms with Crippen LogP contribution < -0.4 is 5.32 Å². The smallest absolute Gasteiger partial charge is 0.277 e. The standard InChI is InChI=1S/C21H18N4O3/c26-21(17-12-19(28-25-17)18-9-4-10-27-18)22-14-6-3-5-13(11-14)20-15-7-1-2-8-16(15)23-24-20/h3-6,9-12H,1-2,7-8H2,(H,22,26)(H,23,24). The van der Waals surface area contributed by atoms with E-state index in [1.807, 2.05) is 24.3 Å². The van der Waals surface area contributed by atoms with E-state index in [0.29, 0.717) is 17.2 Å². The number of aromatic nitrogens is 3. The molecule has 0 spiro atoms. The van der Waals surface area contributed by atoms with Gasteiger partial charge in [0.15, 0.2) is 11.5 Å². The van der Waals surface area contributed by atoms with E-state index >= 15 is 0 Å². The highest BCUT2D eigenvalue weighted by Crippen LogP contribution is 2.30. The summed E-state index contributed by atoms with van der Waals surface area (Å²) in [5.74, 6) is 0.590. The first-order valence-electron chi connectivity index (χ1n) is 9.26. The highest BCUT2D eigenvalue weighted by molar-refractivity contribution is 6.03. The molecule has 28 heavy (non-hydrogen) atoms. The Kier molecular flexibility index (Phi) is 4.05. The number of hydrogen-bond acceptors (Lipinski definition) is 5. The fraction of sp³-hybridized carbons (Fsp3) is 0.190. The number of benzene rings is 1. The first-order valence-corrected chi connectivity index (χ1v) is 9.26. The molecule has 4 aromatic rings. The second kappa shape index (κ2) is 6.84. The van der Waals surface area contributed by atoms with Crippen molar-refractivity contribution in [2.45, 2.75) is 25.7 Å². The van der Waals surface area contributed by atoms with Gasteiger partial charge in [0.25, 0.3) is 5.91 Å². The quantitative estimate of drug-likeness (QED) is 0.550. The Hall–Kier alpha value is -3.61. The fourth-order valence-corrected chi connectivity index (χ4v) is 3.58. The van der Waals surface area contributed by atoms with Crippen molar-refractivity contribution in [3.63, 3.8) is 0 Å². The number of aromatic amines is 1. The van der Waals surface area contributed by atoms with Gasteiger partial charge in [-0.15, -0.1) is 0 Å². The molecule has 2 N–H and O–H groups in total. The van der Waals surface area contributed by atoms with Crippen molar-refractivity contribution in [2.75, 3.05) is 5.32 Å². The first-order chi connectivity index (χ1) is 13.8. The summed E-state index contributed by atoms with van der Waals surface area (Å²) in [6.07, 6.45) is 5.99. The number of H-pyrrole nitrogens is 1. The second-order valence-corrected chi connectivity index (χ2v) is 6.83. The topological polar surface area (TPSA) is 97.0 Å². The number of fused-ring (bicyclic) bond motifs is 1. The number of furan rings is 1. The molecular formula is C21H18N4O3. The predicted octanol–water partition coefficient (Wildman–Crippen LogP) is 4.46. The Bertz CT molecular complexity index is 1120. The van der Waals surface area contributed by atoms with Gasteiger partial charge in [0.1, 0.15) is 0 Å². The van der Waals surface area contributed by atoms with Crippen LogP contribution in [0.5, 0.6) is 0 Å². The van der Waals surface area contributed by atoms with Gasteiger partial charge in [-0.2, -0.15) is 5.10 Å². The van der Waals surface area contributed by atoms with Crippen LogP contribution in [0, 0.1) is 0 Å². The van der Waals surface area contributed by atoms with E-state index in [4.69, 9.17) is 8.94 Å². The van der Waals surface area contributed by atoms with Crippen LogP contribution in [-0.2, 0) is 12.8 Å². The van der Waals surface area contributed by atoms with Crippen molar-refractivity contribution in [2.24, 2.45) is 0 Å². The number of nitrogens with zero attached hydrogens (tertiary/aromatic N) is 2. The molecule has 0 saturated carbocycles. The molecule has 3 aromatic heterocycles. The Balaban J connectivity index is 1.37. The Morgan fingerprint density at radius 1 is 1.07 bits per heavy atom. The SMILES string of the molecule is O=C(Nc1cccc(-c2n[nH]c3c2CCCC3)c1)c1cc(-c2ccco2)on1. The summed E-state index contributed by atoms with van der Waals surface area (Å²) >= 11 is 0. The van der Waals surface area contributed by atoms with Crippen LogP contribution in [0.3, 0.4) is 0 Å². The lowest BCUT2D eigenvalue weighted by Gasteiger charge is -2.11. The maximum atomic E-state index is 12.5. The van der Waals surface area contributed by atoms with Crippen molar-refractivity contribution in [1.82, 2.24) is 15.4 Å². The zero-order chi connectivity index (χ0) is 18.9. The maximum Gasteiger partial charge on any atom is 0.277 e. The van der Waals surface area contributed by atoms with Gasteiger partial charge in [-0.25, -0.2) is 0 Å². The average molecular weight is 374 g/mol. The molecule has 1 aliphatic carbocycles. The summed E-state index contributed by atoms with van der Waals surface area (Å²) in [7, 11) is 0. The van der Waals surface area contributed by atoms with Gasteiger partial charge in [-0.3, -0.25) is 9.89 Å². The molecule has 1 aliphatic rings. The van der Waals surface area contributed by atoms with Crippen molar-refractivity contribution >= 4 is 11.6 Å². The molecule has 0 atom stereocenters. The van der Waals surface area contributed by atoms with E-state index in [1.165, 1.54) is 30.4 Å². The third-order valence-electron chi connectivity index (χ3n) is 4.96. The first kappa shape index (κ1) is 16.6. The van der Waals surface area contributed by atoms with Gasteiger partial charge in [0.2, 0.25) is 5.76 Å². The third kappa shape index (κ3) is 3.00. The monoisotopic (exact) mass is 374 g/mol. The average Bonchev–Trinajstić information content (AvgIpc) is 3.48. The van der Waals surface area contributed by atoms with Gasteiger partial charge < -0.3 is 14.3 Å². The molecule has 0 saturated heterocycles. The molecule has 1 aromatic carbocycles. The Labute approximate surface area is 160 Å². The number of amides is 1. The summed E-state index contributed by atoms with van der Waals surface area (Å²) in [6.45, 7) is 0. The van der Waals surface area contributed by atoms with E-state index in [2.05, 4.69) is 20.7 Å². The van der Waals surface area contributed by atoms with Crippen molar-refractivity contribution in [3.05, 3.63) is 65.7 Å². The van der Waals surface area contributed by atoms with Crippen LogP contribution in [0.25, 0.3) is 22.8 Å². The van der Waals surface area contributed by atoms with Gasteiger partial charge in [0, 0.05) is 28.6 Å².